The van der Waals surface area contributed by atoms with Gasteiger partial charge in [-0.05, 0) is 23.6 Å². The van der Waals surface area contributed by atoms with Gasteiger partial charge in [-0.1, -0.05) is 38.8 Å². The second-order valence-corrected chi connectivity index (χ2v) is 3.92. The highest BCUT2D eigenvalue weighted by Crippen LogP contribution is 2.13. The molecule has 0 amide bonds. The second-order valence-electron chi connectivity index (χ2n) is 3.92. The Morgan fingerprint density at radius 1 is 1.27 bits per heavy atom. The number of nitrogens with one attached hydrogen (secondary N) is 1. The van der Waals surface area contributed by atoms with E-state index in [-0.39, 0.29) is 6.61 Å². The molecule has 2 N–H and O–H groups in total. The highest BCUT2D eigenvalue weighted by Gasteiger charge is 2.02. The lowest BCUT2D eigenvalue weighted by Gasteiger charge is -2.14. The summed E-state index contributed by atoms with van der Waals surface area (Å²) in [6.07, 6.45) is 2.42. The molecule has 1 aromatic carbocycles. The average Bonchev–Trinajstić information content (AvgIpc) is 2.31. The van der Waals surface area contributed by atoms with E-state index in [1.165, 1.54) is 12.8 Å². The van der Waals surface area contributed by atoms with Crippen LogP contribution in [-0.4, -0.2) is 11.7 Å². The van der Waals surface area contributed by atoms with E-state index in [0.717, 1.165) is 23.7 Å². The molecule has 0 aliphatic rings. The van der Waals surface area contributed by atoms with Gasteiger partial charge in [-0.15, -0.1) is 0 Å². The third-order valence-corrected chi connectivity index (χ3v) is 2.86. The Balaban J connectivity index is 2.49. The molecule has 0 unspecified atom stereocenters. The lowest BCUT2D eigenvalue weighted by Crippen LogP contribution is -2.12. The largest absolute Gasteiger partial charge is 0.392 e. The molecule has 2 nitrogen and oxygen atoms in total. The SMILES string of the molecule is CCC(CC)CNc1cccc(CO)c1. The van der Waals surface area contributed by atoms with Crippen molar-refractivity contribution in [3.05, 3.63) is 29.8 Å². The van der Waals surface area contributed by atoms with Crippen LogP contribution in [0.1, 0.15) is 32.3 Å². The van der Waals surface area contributed by atoms with E-state index in [0.29, 0.717) is 0 Å². The van der Waals surface area contributed by atoms with Crippen LogP contribution in [0, 0.1) is 5.92 Å². The van der Waals surface area contributed by atoms with Crippen molar-refractivity contribution in [1.29, 1.82) is 0 Å². The van der Waals surface area contributed by atoms with E-state index in [4.69, 9.17) is 5.11 Å². The number of hydrogen-bond donors (Lipinski definition) is 2. The summed E-state index contributed by atoms with van der Waals surface area (Å²) in [6.45, 7) is 5.57. The quantitative estimate of drug-likeness (QED) is 0.751. The normalized spacial score (nSPS) is 10.7. The van der Waals surface area contributed by atoms with Crippen LogP contribution in [-0.2, 0) is 6.61 Å². The molecule has 1 rings (SSSR count). The van der Waals surface area contributed by atoms with Crippen LogP contribution in [0.5, 0.6) is 0 Å². The van der Waals surface area contributed by atoms with Gasteiger partial charge in [-0.25, -0.2) is 0 Å². The molecule has 0 heterocycles. The van der Waals surface area contributed by atoms with Crippen molar-refractivity contribution in [3.8, 4) is 0 Å². The predicted molar refractivity (Wildman–Crippen MR) is 64.9 cm³/mol. The van der Waals surface area contributed by atoms with Gasteiger partial charge in [0, 0.05) is 12.2 Å². The number of hydrogen-bond acceptors (Lipinski definition) is 2. The van der Waals surface area contributed by atoms with Crippen molar-refractivity contribution in [3.63, 3.8) is 0 Å². The van der Waals surface area contributed by atoms with Gasteiger partial charge in [0.25, 0.3) is 0 Å². The van der Waals surface area contributed by atoms with Gasteiger partial charge in [0.15, 0.2) is 0 Å². The number of rotatable bonds is 6. The molecule has 0 aliphatic heterocycles. The Kier molecular flexibility index (Phi) is 5.19. The summed E-state index contributed by atoms with van der Waals surface area (Å²) in [5.41, 5.74) is 2.07. The maximum atomic E-state index is 9.00. The minimum absolute atomic E-state index is 0.112. The highest BCUT2D eigenvalue weighted by molar-refractivity contribution is 5.45. The fourth-order valence-electron chi connectivity index (χ4n) is 1.62. The first kappa shape index (κ1) is 12.1. The number of anilines is 1. The maximum Gasteiger partial charge on any atom is 0.0682 e. The van der Waals surface area contributed by atoms with E-state index < -0.39 is 0 Å². The van der Waals surface area contributed by atoms with Crippen LogP contribution in [0.25, 0.3) is 0 Å². The summed E-state index contributed by atoms with van der Waals surface area (Å²) in [7, 11) is 0. The van der Waals surface area contributed by atoms with Crippen LogP contribution in [0.3, 0.4) is 0 Å². The van der Waals surface area contributed by atoms with Crippen molar-refractivity contribution >= 4 is 5.69 Å². The number of benzene rings is 1. The van der Waals surface area contributed by atoms with E-state index >= 15 is 0 Å². The first-order valence-corrected chi connectivity index (χ1v) is 5.73. The van der Waals surface area contributed by atoms with Gasteiger partial charge in [0.1, 0.15) is 0 Å². The molecule has 0 aromatic heterocycles. The zero-order valence-electron chi connectivity index (χ0n) is 9.66. The molecule has 0 spiro atoms. The van der Waals surface area contributed by atoms with E-state index in [1.54, 1.807) is 0 Å². The second kappa shape index (κ2) is 6.46. The molecule has 0 radical (unpaired) electrons. The molecule has 0 aliphatic carbocycles. The van der Waals surface area contributed by atoms with Crippen molar-refractivity contribution < 1.29 is 5.11 Å². The zero-order valence-corrected chi connectivity index (χ0v) is 9.66. The van der Waals surface area contributed by atoms with E-state index in [2.05, 4.69) is 19.2 Å². The summed E-state index contributed by atoms with van der Waals surface area (Å²) in [5.74, 6) is 0.739. The van der Waals surface area contributed by atoms with Crippen LogP contribution in [0.2, 0.25) is 0 Å². The molecular weight excluding hydrogens is 186 g/mol. The third kappa shape index (κ3) is 3.92. The smallest absolute Gasteiger partial charge is 0.0682 e. The van der Waals surface area contributed by atoms with Crippen LogP contribution < -0.4 is 5.32 Å². The number of aliphatic hydroxyl groups is 1. The number of aliphatic hydroxyl groups excluding tert-OH is 1. The van der Waals surface area contributed by atoms with Gasteiger partial charge in [-0.3, -0.25) is 0 Å². The predicted octanol–water partition coefficient (Wildman–Crippen LogP) is 3.03. The minimum Gasteiger partial charge on any atom is -0.392 e. The lowest BCUT2D eigenvalue weighted by atomic mass is 10.0. The first-order chi connectivity index (χ1) is 7.30. The van der Waals surface area contributed by atoms with Gasteiger partial charge in [0.2, 0.25) is 0 Å². The summed E-state index contributed by atoms with van der Waals surface area (Å²) in [4.78, 5) is 0. The lowest BCUT2D eigenvalue weighted by molar-refractivity contribution is 0.282. The van der Waals surface area contributed by atoms with Gasteiger partial charge >= 0.3 is 0 Å². The van der Waals surface area contributed by atoms with Gasteiger partial charge in [-0.2, -0.15) is 0 Å². The molecule has 0 bridgehead atoms. The molecule has 1 aromatic rings. The summed E-state index contributed by atoms with van der Waals surface area (Å²) < 4.78 is 0. The van der Waals surface area contributed by atoms with Crippen LogP contribution >= 0.6 is 0 Å². The Morgan fingerprint density at radius 2 is 2.00 bits per heavy atom. The molecule has 0 saturated heterocycles. The highest BCUT2D eigenvalue weighted by atomic mass is 16.3. The minimum atomic E-state index is 0.112. The Morgan fingerprint density at radius 3 is 2.60 bits per heavy atom. The Labute approximate surface area is 92.3 Å². The topological polar surface area (TPSA) is 32.3 Å². The Hall–Kier alpha value is -1.02. The molecule has 2 heteroatoms. The Bertz CT molecular complexity index is 282. The molecule has 0 fully saturated rings. The maximum absolute atomic E-state index is 9.00. The monoisotopic (exact) mass is 207 g/mol. The van der Waals surface area contributed by atoms with Gasteiger partial charge in [0.05, 0.1) is 6.61 Å². The van der Waals surface area contributed by atoms with Crippen molar-refractivity contribution in [2.75, 3.05) is 11.9 Å². The molecule has 84 valence electrons. The van der Waals surface area contributed by atoms with E-state index in [1.807, 2.05) is 24.3 Å². The fraction of sp³-hybridized carbons (Fsp3) is 0.538. The average molecular weight is 207 g/mol. The summed E-state index contributed by atoms with van der Waals surface area (Å²) in [5, 5.41) is 12.4. The van der Waals surface area contributed by atoms with Crippen LogP contribution in [0.4, 0.5) is 5.69 Å². The van der Waals surface area contributed by atoms with Crippen molar-refractivity contribution in [2.24, 2.45) is 5.92 Å². The summed E-state index contributed by atoms with van der Waals surface area (Å²) >= 11 is 0. The van der Waals surface area contributed by atoms with Crippen molar-refractivity contribution in [1.82, 2.24) is 0 Å². The van der Waals surface area contributed by atoms with Crippen LogP contribution in [0.15, 0.2) is 24.3 Å². The zero-order chi connectivity index (χ0) is 11.1. The van der Waals surface area contributed by atoms with Gasteiger partial charge < -0.3 is 10.4 Å². The third-order valence-electron chi connectivity index (χ3n) is 2.86. The van der Waals surface area contributed by atoms with Crippen molar-refractivity contribution in [2.45, 2.75) is 33.3 Å². The molecule has 15 heavy (non-hydrogen) atoms. The molecule has 0 saturated carbocycles. The molecule has 0 atom stereocenters. The standard InChI is InChI=1S/C13H21NO/c1-3-11(4-2)9-14-13-7-5-6-12(8-13)10-15/h5-8,11,14-15H,3-4,9-10H2,1-2H3. The first-order valence-electron chi connectivity index (χ1n) is 5.73. The summed E-state index contributed by atoms with van der Waals surface area (Å²) in [6, 6.07) is 7.95. The van der Waals surface area contributed by atoms with E-state index in [9.17, 15) is 0 Å². The fourth-order valence-corrected chi connectivity index (χ4v) is 1.62. The molecular formula is C13H21NO.